The number of amides is 1. The monoisotopic (exact) mass is 244 g/mol. The molecule has 1 aromatic rings. The summed E-state index contributed by atoms with van der Waals surface area (Å²) in [6.07, 6.45) is 1.02. The normalized spacial score (nSPS) is 15.1. The lowest BCUT2D eigenvalue weighted by Crippen LogP contribution is -2.37. The van der Waals surface area contributed by atoms with E-state index in [-0.39, 0.29) is 18.3 Å². The first kappa shape index (κ1) is 13.0. The van der Waals surface area contributed by atoms with E-state index in [0.29, 0.717) is 0 Å². The fraction of sp³-hybridized carbons (Fsp3) is 0.600. The zero-order valence-corrected chi connectivity index (χ0v) is 10.6. The van der Waals surface area contributed by atoms with E-state index in [2.05, 4.69) is 10.5 Å². The van der Waals surface area contributed by atoms with Crippen LogP contribution in [0.3, 0.4) is 0 Å². The smallest absolute Gasteiger partial charge is 0.271 e. The lowest BCUT2D eigenvalue weighted by Gasteiger charge is -2.15. The molecule has 0 aliphatic carbocycles. The summed E-state index contributed by atoms with van der Waals surface area (Å²) in [5, 5.41) is 5.92. The van der Waals surface area contributed by atoms with Gasteiger partial charge in [-0.1, -0.05) is 0 Å². The molecule has 2 rings (SSSR count). The molecule has 1 saturated heterocycles. The molecule has 0 unspecified atom stereocenters. The number of rotatable bonds is 1. The zero-order valence-electron chi connectivity index (χ0n) is 9.78. The van der Waals surface area contributed by atoms with E-state index < -0.39 is 0 Å². The molecule has 90 valence electrons. The van der Waals surface area contributed by atoms with Crippen molar-refractivity contribution in [3.8, 4) is 0 Å². The van der Waals surface area contributed by atoms with Crippen molar-refractivity contribution >= 4 is 18.3 Å². The van der Waals surface area contributed by atoms with Gasteiger partial charge in [0, 0.05) is 25.8 Å². The molecule has 0 bridgehead atoms. The minimum atomic E-state index is 0. The second-order valence-electron chi connectivity index (χ2n) is 3.89. The van der Waals surface area contributed by atoms with Gasteiger partial charge in [0.05, 0.1) is 11.3 Å². The number of nitrogens with one attached hydrogen (secondary N) is 1. The summed E-state index contributed by atoms with van der Waals surface area (Å²) in [6.45, 7) is 5.45. The molecule has 16 heavy (non-hydrogen) atoms. The number of aromatic nitrogens is 2. The number of carbonyl (C=O) groups is 1. The Balaban J connectivity index is 0.00000128. The summed E-state index contributed by atoms with van der Waals surface area (Å²) >= 11 is 0. The quantitative estimate of drug-likeness (QED) is 0.796. The topological polar surface area (TPSA) is 50.2 Å². The Morgan fingerprint density at radius 2 is 2.12 bits per heavy atom. The van der Waals surface area contributed by atoms with Gasteiger partial charge in [-0.25, -0.2) is 5.43 Å². The van der Waals surface area contributed by atoms with E-state index in [9.17, 15) is 4.79 Å². The number of hydrogen-bond donors (Lipinski definition) is 1. The summed E-state index contributed by atoms with van der Waals surface area (Å²) in [5.74, 6) is 0.0376. The van der Waals surface area contributed by atoms with Gasteiger partial charge >= 0.3 is 0 Å². The lowest BCUT2D eigenvalue weighted by atomic mass is 10.2. The van der Waals surface area contributed by atoms with Crippen LogP contribution in [-0.4, -0.2) is 33.8 Å². The number of carbonyl (C=O) groups excluding carboxylic acids is 1. The third-order valence-corrected chi connectivity index (χ3v) is 2.83. The average molecular weight is 245 g/mol. The Hall–Kier alpha value is -1.07. The van der Waals surface area contributed by atoms with Crippen LogP contribution in [0, 0.1) is 13.8 Å². The molecular weight excluding hydrogens is 228 g/mol. The van der Waals surface area contributed by atoms with Crippen molar-refractivity contribution in [3.05, 3.63) is 17.0 Å². The van der Waals surface area contributed by atoms with E-state index >= 15 is 0 Å². The predicted molar refractivity (Wildman–Crippen MR) is 63.6 cm³/mol. The minimum absolute atomic E-state index is 0. The number of hydrogen-bond acceptors (Lipinski definition) is 3. The maximum Gasteiger partial charge on any atom is 0.271 e. The van der Waals surface area contributed by atoms with Crippen molar-refractivity contribution in [1.29, 1.82) is 0 Å². The van der Waals surface area contributed by atoms with Crippen LogP contribution in [0.4, 0.5) is 0 Å². The molecule has 1 fully saturated rings. The fourth-order valence-electron chi connectivity index (χ4n) is 1.92. The van der Waals surface area contributed by atoms with Gasteiger partial charge in [-0.15, -0.1) is 12.4 Å². The molecule has 0 radical (unpaired) electrons. The van der Waals surface area contributed by atoms with Gasteiger partial charge in [0.2, 0.25) is 0 Å². The number of hydrazine groups is 1. The van der Waals surface area contributed by atoms with Crippen LogP contribution in [0.5, 0.6) is 0 Å². The predicted octanol–water partition coefficient (Wildman–Crippen LogP) is 0.809. The van der Waals surface area contributed by atoms with E-state index in [1.807, 2.05) is 20.9 Å². The first-order valence-electron chi connectivity index (χ1n) is 5.17. The van der Waals surface area contributed by atoms with Crippen molar-refractivity contribution in [2.45, 2.75) is 20.3 Å². The third-order valence-electron chi connectivity index (χ3n) is 2.83. The van der Waals surface area contributed by atoms with E-state index in [4.69, 9.17) is 0 Å². The summed E-state index contributed by atoms with van der Waals surface area (Å²) in [4.78, 5) is 12.1. The largest absolute Gasteiger partial charge is 0.274 e. The Labute approximate surface area is 101 Å². The molecule has 2 heterocycles. The first-order valence-corrected chi connectivity index (χ1v) is 5.17. The standard InChI is InChI=1S/C10H16N4O.ClH/c1-7-9(8(2)13(3)12-7)10(15)14-6-4-5-11-14;/h11H,4-6H2,1-3H3;1H. The summed E-state index contributed by atoms with van der Waals surface area (Å²) < 4.78 is 1.75. The Kier molecular flexibility index (Phi) is 3.93. The Morgan fingerprint density at radius 3 is 2.56 bits per heavy atom. The molecule has 1 N–H and O–H groups in total. The molecule has 0 spiro atoms. The van der Waals surface area contributed by atoms with E-state index in [1.165, 1.54) is 0 Å². The maximum absolute atomic E-state index is 12.1. The third kappa shape index (κ3) is 2.05. The van der Waals surface area contributed by atoms with Crippen LogP contribution in [0.25, 0.3) is 0 Å². The Morgan fingerprint density at radius 1 is 1.44 bits per heavy atom. The van der Waals surface area contributed by atoms with Crippen molar-refractivity contribution in [1.82, 2.24) is 20.2 Å². The van der Waals surface area contributed by atoms with Gasteiger partial charge in [-0.05, 0) is 20.3 Å². The van der Waals surface area contributed by atoms with Crippen molar-refractivity contribution in [2.24, 2.45) is 7.05 Å². The molecule has 1 aromatic heterocycles. The molecule has 5 nitrogen and oxygen atoms in total. The lowest BCUT2D eigenvalue weighted by molar-refractivity contribution is 0.0724. The highest BCUT2D eigenvalue weighted by atomic mass is 35.5. The molecule has 6 heteroatoms. The molecule has 1 amide bonds. The highest BCUT2D eigenvalue weighted by molar-refractivity contribution is 5.96. The number of nitrogens with zero attached hydrogens (tertiary/aromatic N) is 3. The molecule has 1 aliphatic rings. The SMILES string of the molecule is Cc1nn(C)c(C)c1C(=O)N1CCCN1.Cl. The van der Waals surface area contributed by atoms with Crippen LogP contribution in [-0.2, 0) is 7.05 Å². The van der Waals surface area contributed by atoms with Crippen LogP contribution in [0.1, 0.15) is 28.2 Å². The number of aryl methyl sites for hydroxylation is 2. The average Bonchev–Trinajstić information content (AvgIpc) is 2.76. The van der Waals surface area contributed by atoms with Gasteiger partial charge in [-0.3, -0.25) is 14.5 Å². The van der Waals surface area contributed by atoms with Crippen LogP contribution in [0.2, 0.25) is 0 Å². The molecule has 0 aromatic carbocycles. The van der Waals surface area contributed by atoms with Crippen LogP contribution in [0.15, 0.2) is 0 Å². The molecule has 1 aliphatic heterocycles. The van der Waals surface area contributed by atoms with E-state index in [0.717, 1.165) is 36.5 Å². The van der Waals surface area contributed by atoms with E-state index in [1.54, 1.807) is 9.69 Å². The first-order chi connectivity index (χ1) is 7.11. The summed E-state index contributed by atoms with van der Waals surface area (Å²) in [6, 6.07) is 0. The highest BCUT2D eigenvalue weighted by Gasteiger charge is 2.24. The molecular formula is C10H17ClN4O. The minimum Gasteiger partial charge on any atom is -0.274 e. The van der Waals surface area contributed by atoms with Gasteiger partial charge in [0.1, 0.15) is 0 Å². The second-order valence-corrected chi connectivity index (χ2v) is 3.89. The van der Waals surface area contributed by atoms with Crippen LogP contribution >= 0.6 is 12.4 Å². The zero-order chi connectivity index (χ0) is 11.0. The van der Waals surface area contributed by atoms with Crippen molar-refractivity contribution < 1.29 is 4.79 Å². The van der Waals surface area contributed by atoms with Crippen molar-refractivity contribution in [3.63, 3.8) is 0 Å². The molecule has 0 atom stereocenters. The van der Waals surface area contributed by atoms with Crippen LogP contribution < -0.4 is 5.43 Å². The molecule has 0 saturated carbocycles. The summed E-state index contributed by atoms with van der Waals surface area (Å²) in [7, 11) is 1.86. The number of halogens is 1. The maximum atomic E-state index is 12.1. The van der Waals surface area contributed by atoms with Gasteiger partial charge in [0.15, 0.2) is 0 Å². The van der Waals surface area contributed by atoms with Gasteiger partial charge in [0.25, 0.3) is 5.91 Å². The van der Waals surface area contributed by atoms with Gasteiger partial charge in [-0.2, -0.15) is 5.10 Å². The Bertz CT molecular complexity index is 396. The highest BCUT2D eigenvalue weighted by Crippen LogP contribution is 2.15. The van der Waals surface area contributed by atoms with Crippen molar-refractivity contribution in [2.75, 3.05) is 13.1 Å². The summed E-state index contributed by atoms with van der Waals surface area (Å²) in [5.41, 5.74) is 5.52. The second kappa shape index (κ2) is 4.84. The fourth-order valence-corrected chi connectivity index (χ4v) is 1.92. The van der Waals surface area contributed by atoms with Gasteiger partial charge < -0.3 is 0 Å².